The first-order chi connectivity index (χ1) is 6.54. The zero-order valence-electron chi connectivity index (χ0n) is 7.07. The van der Waals surface area contributed by atoms with E-state index in [1.54, 1.807) is 0 Å². The first-order valence-electron chi connectivity index (χ1n) is 3.73. The Balaban J connectivity index is 3.20. The summed E-state index contributed by atoms with van der Waals surface area (Å²) in [5.41, 5.74) is 4.50. The fourth-order valence-electron chi connectivity index (χ4n) is 0.958. The summed E-state index contributed by atoms with van der Waals surface area (Å²) in [6, 6.07) is 2.66. The van der Waals surface area contributed by atoms with Crippen LogP contribution in [0.1, 0.15) is 10.4 Å². The Hall–Kier alpha value is -1.82. The number of nitro groups is 1. The number of carbonyl (C=O) groups is 1. The normalized spacial score (nSPS) is 9.86. The molecule has 14 heavy (non-hydrogen) atoms. The molecule has 0 atom stereocenters. The predicted molar refractivity (Wildman–Crippen MR) is 46.4 cm³/mol. The summed E-state index contributed by atoms with van der Waals surface area (Å²) in [5.74, 6) is -1.36. The Morgan fingerprint density at radius 1 is 1.50 bits per heavy atom. The Kier molecular flexibility index (Phi) is 2.88. The Morgan fingerprint density at radius 2 is 2.14 bits per heavy atom. The largest absolute Gasteiger partial charge is 0.324 e. The fraction of sp³-hybridized carbons (Fsp3) is 0.125. The molecule has 1 aromatic rings. The maximum Gasteiger partial charge on any atom is 0.273 e. The van der Waals surface area contributed by atoms with Gasteiger partial charge in [0.2, 0.25) is 0 Å². The topological polar surface area (TPSA) is 86.2 Å². The second-order valence-corrected chi connectivity index (χ2v) is 2.58. The number of hydrogen-bond donors (Lipinski definition) is 1. The molecule has 0 saturated heterocycles. The molecule has 1 rings (SSSR count). The second kappa shape index (κ2) is 3.93. The minimum absolute atomic E-state index is 0.0841. The van der Waals surface area contributed by atoms with Gasteiger partial charge in [-0.05, 0) is 6.07 Å². The number of ketones is 1. The van der Waals surface area contributed by atoms with E-state index in [-0.39, 0.29) is 12.1 Å². The summed E-state index contributed by atoms with van der Waals surface area (Å²) in [7, 11) is 0. The summed E-state index contributed by atoms with van der Waals surface area (Å²) in [4.78, 5) is 20.6. The highest BCUT2D eigenvalue weighted by molar-refractivity contribution is 5.98. The van der Waals surface area contributed by atoms with Gasteiger partial charge in [0.1, 0.15) is 5.82 Å². The van der Waals surface area contributed by atoms with Crippen molar-refractivity contribution >= 4 is 11.5 Å². The minimum Gasteiger partial charge on any atom is -0.324 e. The molecular weight excluding hydrogens is 191 g/mol. The zero-order chi connectivity index (χ0) is 10.7. The quantitative estimate of drug-likeness (QED) is 0.443. The van der Waals surface area contributed by atoms with Gasteiger partial charge in [0, 0.05) is 11.6 Å². The summed E-state index contributed by atoms with van der Waals surface area (Å²) in [6.45, 7) is -0.305. The van der Waals surface area contributed by atoms with E-state index in [0.717, 1.165) is 18.2 Å². The summed E-state index contributed by atoms with van der Waals surface area (Å²) in [5, 5.41) is 10.3. The van der Waals surface area contributed by atoms with Gasteiger partial charge >= 0.3 is 0 Å². The van der Waals surface area contributed by atoms with Gasteiger partial charge in [0.15, 0.2) is 5.78 Å². The van der Waals surface area contributed by atoms with Crippen LogP contribution in [0.15, 0.2) is 18.2 Å². The van der Waals surface area contributed by atoms with E-state index >= 15 is 0 Å². The number of non-ortho nitro benzene ring substituents is 1. The van der Waals surface area contributed by atoms with Gasteiger partial charge in [-0.15, -0.1) is 0 Å². The molecule has 0 unspecified atom stereocenters. The van der Waals surface area contributed by atoms with E-state index in [1.807, 2.05) is 0 Å². The number of carbonyl (C=O) groups excluding carboxylic acids is 1. The van der Waals surface area contributed by atoms with Crippen LogP contribution >= 0.6 is 0 Å². The molecule has 0 aromatic heterocycles. The highest BCUT2D eigenvalue weighted by atomic mass is 19.1. The lowest BCUT2D eigenvalue weighted by Gasteiger charge is -1.98. The lowest BCUT2D eigenvalue weighted by Crippen LogP contribution is -2.13. The van der Waals surface area contributed by atoms with Crippen molar-refractivity contribution in [2.24, 2.45) is 5.73 Å². The van der Waals surface area contributed by atoms with Gasteiger partial charge < -0.3 is 5.73 Å². The molecule has 0 fully saturated rings. The van der Waals surface area contributed by atoms with Crippen LogP contribution in [0.4, 0.5) is 10.1 Å². The average Bonchev–Trinajstić information content (AvgIpc) is 2.15. The standard InChI is InChI=1S/C8H7FN2O3/c9-6-1-5(8(12)4-10)2-7(3-6)11(13)14/h1-3H,4,10H2. The van der Waals surface area contributed by atoms with Gasteiger partial charge in [0.25, 0.3) is 5.69 Å². The molecule has 0 aliphatic carbocycles. The van der Waals surface area contributed by atoms with Crippen molar-refractivity contribution in [1.29, 1.82) is 0 Å². The Morgan fingerprint density at radius 3 is 2.64 bits per heavy atom. The Bertz CT molecular complexity index is 392. The number of benzene rings is 1. The first-order valence-corrected chi connectivity index (χ1v) is 3.73. The van der Waals surface area contributed by atoms with Crippen LogP contribution in [0, 0.1) is 15.9 Å². The molecule has 0 heterocycles. The molecule has 5 nitrogen and oxygen atoms in total. The predicted octanol–water partition coefficient (Wildman–Crippen LogP) is 0.875. The molecule has 0 saturated carbocycles. The van der Waals surface area contributed by atoms with Crippen molar-refractivity contribution in [3.05, 3.63) is 39.7 Å². The number of nitrogens with two attached hydrogens (primary N) is 1. The third-order valence-corrected chi connectivity index (χ3v) is 1.60. The average molecular weight is 198 g/mol. The lowest BCUT2D eigenvalue weighted by atomic mass is 10.1. The highest BCUT2D eigenvalue weighted by Crippen LogP contribution is 2.16. The molecule has 74 valence electrons. The van der Waals surface area contributed by atoms with Crippen molar-refractivity contribution in [1.82, 2.24) is 0 Å². The number of Topliss-reactive ketones (excluding diaryl/α,β-unsaturated/α-hetero) is 1. The maximum atomic E-state index is 12.8. The highest BCUT2D eigenvalue weighted by Gasteiger charge is 2.13. The number of halogens is 1. The van der Waals surface area contributed by atoms with Crippen molar-refractivity contribution in [2.45, 2.75) is 0 Å². The van der Waals surface area contributed by atoms with Crippen LogP contribution in [0.3, 0.4) is 0 Å². The monoisotopic (exact) mass is 198 g/mol. The number of rotatable bonds is 3. The second-order valence-electron chi connectivity index (χ2n) is 2.58. The lowest BCUT2D eigenvalue weighted by molar-refractivity contribution is -0.385. The van der Waals surface area contributed by atoms with Crippen molar-refractivity contribution in [3.8, 4) is 0 Å². The molecule has 0 bridgehead atoms. The van der Waals surface area contributed by atoms with Gasteiger partial charge in [-0.25, -0.2) is 4.39 Å². The molecule has 0 spiro atoms. The molecule has 0 aliphatic rings. The van der Waals surface area contributed by atoms with E-state index in [2.05, 4.69) is 0 Å². The fourth-order valence-corrected chi connectivity index (χ4v) is 0.958. The molecule has 2 N–H and O–H groups in total. The van der Waals surface area contributed by atoms with Crippen LogP contribution in [-0.2, 0) is 0 Å². The van der Waals surface area contributed by atoms with E-state index < -0.39 is 22.2 Å². The number of nitro benzene ring substituents is 1. The third kappa shape index (κ3) is 2.11. The van der Waals surface area contributed by atoms with Crippen LogP contribution in [-0.4, -0.2) is 17.3 Å². The number of nitrogens with zero attached hydrogens (tertiary/aromatic N) is 1. The molecular formula is C8H7FN2O3. The SMILES string of the molecule is NCC(=O)c1cc(F)cc([N+](=O)[O-])c1. The molecule has 0 aliphatic heterocycles. The van der Waals surface area contributed by atoms with E-state index in [0.29, 0.717) is 0 Å². The number of hydrogen-bond acceptors (Lipinski definition) is 4. The zero-order valence-corrected chi connectivity index (χ0v) is 7.07. The van der Waals surface area contributed by atoms with Gasteiger partial charge in [0.05, 0.1) is 17.5 Å². The van der Waals surface area contributed by atoms with E-state index in [1.165, 1.54) is 0 Å². The van der Waals surface area contributed by atoms with Crippen LogP contribution in [0.25, 0.3) is 0 Å². The summed E-state index contributed by atoms with van der Waals surface area (Å²) < 4.78 is 12.8. The van der Waals surface area contributed by atoms with E-state index in [4.69, 9.17) is 5.73 Å². The smallest absolute Gasteiger partial charge is 0.273 e. The van der Waals surface area contributed by atoms with Gasteiger partial charge in [-0.3, -0.25) is 14.9 Å². The summed E-state index contributed by atoms with van der Waals surface area (Å²) >= 11 is 0. The van der Waals surface area contributed by atoms with Crippen molar-refractivity contribution in [2.75, 3.05) is 6.54 Å². The van der Waals surface area contributed by atoms with Crippen molar-refractivity contribution in [3.63, 3.8) is 0 Å². The molecule has 0 radical (unpaired) electrons. The van der Waals surface area contributed by atoms with Gasteiger partial charge in [-0.2, -0.15) is 0 Å². The minimum atomic E-state index is -0.823. The van der Waals surface area contributed by atoms with E-state index in [9.17, 15) is 19.3 Å². The van der Waals surface area contributed by atoms with Crippen LogP contribution < -0.4 is 5.73 Å². The molecule has 1 aromatic carbocycles. The Labute approximate surface area is 78.5 Å². The summed E-state index contributed by atoms with van der Waals surface area (Å²) in [6.07, 6.45) is 0. The van der Waals surface area contributed by atoms with Crippen LogP contribution in [0.2, 0.25) is 0 Å². The maximum absolute atomic E-state index is 12.8. The van der Waals surface area contributed by atoms with Crippen LogP contribution in [0.5, 0.6) is 0 Å². The molecule has 0 amide bonds. The third-order valence-electron chi connectivity index (χ3n) is 1.60. The van der Waals surface area contributed by atoms with Gasteiger partial charge in [-0.1, -0.05) is 0 Å². The first kappa shape index (κ1) is 10.3. The van der Waals surface area contributed by atoms with Crippen molar-refractivity contribution < 1.29 is 14.1 Å². The molecule has 6 heteroatoms.